The Labute approximate surface area is 166 Å². The molecule has 0 atom stereocenters. The van der Waals surface area contributed by atoms with E-state index in [1.54, 1.807) is 0 Å². The summed E-state index contributed by atoms with van der Waals surface area (Å²) < 4.78 is 6.06. The minimum atomic E-state index is -0.113. The first-order valence-electron chi connectivity index (χ1n) is 10.2. The molecule has 0 spiro atoms. The van der Waals surface area contributed by atoms with Crippen molar-refractivity contribution in [1.29, 1.82) is 0 Å². The van der Waals surface area contributed by atoms with E-state index in [0.717, 1.165) is 61.1 Å². The standard InChI is InChI=1S/C23H29N3O2/c1-2-24-23(27)25-17-9-14-19-13-8-15-20-22(19)28-21(26-20)16-7-6-12-18-10-4-3-5-11-18/h3-5,8,10-11,13,15H,2,6-7,9,12,14,16-17H2,1H3,(H2,24,25,27). The molecule has 2 amide bonds. The first-order chi connectivity index (χ1) is 13.8. The molecule has 0 saturated heterocycles. The Morgan fingerprint density at radius 2 is 1.75 bits per heavy atom. The van der Waals surface area contributed by atoms with Crippen molar-refractivity contribution >= 4 is 17.1 Å². The molecule has 148 valence electrons. The zero-order chi connectivity index (χ0) is 19.6. The summed E-state index contributed by atoms with van der Waals surface area (Å²) in [5, 5.41) is 5.59. The lowest BCUT2D eigenvalue weighted by Crippen LogP contribution is -2.35. The van der Waals surface area contributed by atoms with Crippen molar-refractivity contribution in [2.45, 2.75) is 45.4 Å². The number of carbonyl (C=O) groups is 1. The summed E-state index contributed by atoms with van der Waals surface area (Å²) >= 11 is 0. The van der Waals surface area contributed by atoms with Crippen molar-refractivity contribution in [2.75, 3.05) is 13.1 Å². The molecule has 0 aliphatic carbocycles. The average molecular weight is 380 g/mol. The topological polar surface area (TPSA) is 67.2 Å². The van der Waals surface area contributed by atoms with Crippen molar-refractivity contribution in [3.05, 3.63) is 65.5 Å². The van der Waals surface area contributed by atoms with E-state index >= 15 is 0 Å². The molecule has 0 aliphatic heterocycles. The Bertz CT molecular complexity index is 874. The number of hydrogen-bond donors (Lipinski definition) is 2. The minimum Gasteiger partial charge on any atom is -0.440 e. The number of hydrogen-bond acceptors (Lipinski definition) is 3. The molecular weight excluding hydrogens is 350 g/mol. The summed E-state index contributed by atoms with van der Waals surface area (Å²) in [6.07, 6.45) is 5.86. The van der Waals surface area contributed by atoms with Crippen LogP contribution in [-0.4, -0.2) is 24.1 Å². The molecule has 2 N–H and O–H groups in total. The number of aromatic nitrogens is 1. The maximum Gasteiger partial charge on any atom is 0.314 e. The molecule has 3 aromatic rings. The molecule has 0 radical (unpaired) electrons. The van der Waals surface area contributed by atoms with Crippen LogP contribution in [-0.2, 0) is 19.3 Å². The Kier molecular flexibility index (Phi) is 7.47. The van der Waals surface area contributed by atoms with E-state index in [-0.39, 0.29) is 6.03 Å². The molecule has 0 unspecified atom stereocenters. The van der Waals surface area contributed by atoms with Gasteiger partial charge in [0.25, 0.3) is 0 Å². The van der Waals surface area contributed by atoms with Gasteiger partial charge in [0, 0.05) is 19.5 Å². The first-order valence-corrected chi connectivity index (χ1v) is 10.2. The molecule has 0 bridgehead atoms. The normalized spacial score (nSPS) is 10.9. The van der Waals surface area contributed by atoms with E-state index in [2.05, 4.69) is 52.0 Å². The van der Waals surface area contributed by atoms with Crippen LogP contribution in [0, 0.1) is 0 Å². The van der Waals surface area contributed by atoms with Crippen LogP contribution in [0.15, 0.2) is 52.9 Å². The lowest BCUT2D eigenvalue weighted by atomic mass is 10.1. The monoisotopic (exact) mass is 379 g/mol. The highest BCUT2D eigenvalue weighted by molar-refractivity contribution is 5.76. The van der Waals surface area contributed by atoms with Crippen molar-refractivity contribution in [3.8, 4) is 0 Å². The summed E-state index contributed by atoms with van der Waals surface area (Å²) in [6, 6.07) is 16.6. The molecular formula is C23H29N3O2. The lowest BCUT2D eigenvalue weighted by Gasteiger charge is -2.05. The maximum absolute atomic E-state index is 11.4. The van der Waals surface area contributed by atoms with Gasteiger partial charge in [-0.1, -0.05) is 42.5 Å². The number of nitrogens with one attached hydrogen (secondary N) is 2. The van der Waals surface area contributed by atoms with Crippen LogP contribution < -0.4 is 10.6 Å². The van der Waals surface area contributed by atoms with Gasteiger partial charge in [-0.05, 0) is 56.2 Å². The van der Waals surface area contributed by atoms with E-state index in [0.29, 0.717) is 13.1 Å². The van der Waals surface area contributed by atoms with Crippen LogP contribution in [0.5, 0.6) is 0 Å². The highest BCUT2D eigenvalue weighted by Gasteiger charge is 2.10. The highest BCUT2D eigenvalue weighted by atomic mass is 16.3. The van der Waals surface area contributed by atoms with Crippen molar-refractivity contribution in [1.82, 2.24) is 15.6 Å². The molecule has 28 heavy (non-hydrogen) atoms. The zero-order valence-electron chi connectivity index (χ0n) is 16.5. The van der Waals surface area contributed by atoms with Crippen LogP contribution in [0.1, 0.15) is 43.2 Å². The summed E-state index contributed by atoms with van der Waals surface area (Å²) in [5.74, 6) is 0.816. The fourth-order valence-electron chi connectivity index (χ4n) is 3.31. The number of nitrogens with zero attached hydrogens (tertiary/aromatic N) is 1. The van der Waals surface area contributed by atoms with Gasteiger partial charge >= 0.3 is 6.03 Å². The summed E-state index contributed by atoms with van der Waals surface area (Å²) in [6.45, 7) is 3.18. The predicted molar refractivity (Wildman–Crippen MR) is 112 cm³/mol. The van der Waals surface area contributed by atoms with Crippen LogP contribution in [0.2, 0.25) is 0 Å². The smallest absolute Gasteiger partial charge is 0.314 e. The fraction of sp³-hybridized carbons (Fsp3) is 0.391. The van der Waals surface area contributed by atoms with Crippen LogP contribution in [0.3, 0.4) is 0 Å². The number of benzene rings is 2. The number of urea groups is 1. The van der Waals surface area contributed by atoms with Crippen LogP contribution in [0.25, 0.3) is 11.1 Å². The number of oxazole rings is 1. The predicted octanol–water partition coefficient (Wildman–Crippen LogP) is 4.64. The van der Waals surface area contributed by atoms with E-state index in [4.69, 9.17) is 4.42 Å². The number of rotatable bonds is 10. The third kappa shape index (κ3) is 5.84. The third-order valence-electron chi connectivity index (χ3n) is 4.74. The molecule has 0 saturated carbocycles. The Morgan fingerprint density at radius 3 is 2.57 bits per heavy atom. The molecule has 1 heterocycles. The molecule has 2 aromatic carbocycles. The van der Waals surface area contributed by atoms with Gasteiger partial charge in [0.1, 0.15) is 5.52 Å². The van der Waals surface area contributed by atoms with Gasteiger partial charge in [-0.25, -0.2) is 9.78 Å². The van der Waals surface area contributed by atoms with E-state index in [9.17, 15) is 4.79 Å². The molecule has 5 heteroatoms. The Morgan fingerprint density at radius 1 is 0.929 bits per heavy atom. The second-order valence-corrected chi connectivity index (χ2v) is 6.96. The number of unbranched alkanes of at least 4 members (excludes halogenated alkanes) is 1. The second-order valence-electron chi connectivity index (χ2n) is 6.96. The Balaban J connectivity index is 1.49. The number of fused-ring (bicyclic) bond motifs is 1. The summed E-state index contributed by atoms with van der Waals surface area (Å²) in [4.78, 5) is 16.1. The Hall–Kier alpha value is -2.82. The van der Waals surface area contributed by atoms with Crippen molar-refractivity contribution in [3.63, 3.8) is 0 Å². The van der Waals surface area contributed by atoms with E-state index < -0.39 is 0 Å². The van der Waals surface area contributed by atoms with Crippen molar-refractivity contribution < 1.29 is 9.21 Å². The summed E-state index contributed by atoms with van der Waals surface area (Å²) in [5.41, 5.74) is 4.34. The van der Waals surface area contributed by atoms with Crippen LogP contribution in [0.4, 0.5) is 4.79 Å². The minimum absolute atomic E-state index is 0.113. The van der Waals surface area contributed by atoms with Gasteiger partial charge < -0.3 is 15.1 Å². The van der Waals surface area contributed by atoms with Gasteiger partial charge in [-0.2, -0.15) is 0 Å². The number of carbonyl (C=O) groups excluding carboxylic acids is 1. The fourth-order valence-corrected chi connectivity index (χ4v) is 3.31. The van der Waals surface area contributed by atoms with E-state index in [1.807, 2.05) is 19.1 Å². The highest BCUT2D eigenvalue weighted by Crippen LogP contribution is 2.22. The average Bonchev–Trinajstić information content (AvgIpc) is 3.13. The SMILES string of the molecule is CCNC(=O)NCCCc1cccc2nc(CCCCc3ccccc3)oc12. The number of aryl methyl sites for hydroxylation is 3. The number of amides is 2. The van der Waals surface area contributed by atoms with Gasteiger partial charge in [-0.3, -0.25) is 0 Å². The molecule has 1 aromatic heterocycles. The molecule has 5 nitrogen and oxygen atoms in total. The number of para-hydroxylation sites is 1. The third-order valence-corrected chi connectivity index (χ3v) is 4.74. The molecule has 0 aliphatic rings. The lowest BCUT2D eigenvalue weighted by molar-refractivity contribution is 0.241. The van der Waals surface area contributed by atoms with Crippen molar-refractivity contribution in [2.24, 2.45) is 0 Å². The van der Waals surface area contributed by atoms with Gasteiger partial charge in [0.15, 0.2) is 11.5 Å². The molecule has 3 rings (SSSR count). The maximum atomic E-state index is 11.4. The quantitative estimate of drug-likeness (QED) is 0.504. The van der Waals surface area contributed by atoms with E-state index in [1.165, 1.54) is 5.56 Å². The zero-order valence-corrected chi connectivity index (χ0v) is 16.5. The largest absolute Gasteiger partial charge is 0.440 e. The molecule has 0 fully saturated rings. The van der Waals surface area contributed by atoms with Gasteiger partial charge in [0.05, 0.1) is 0 Å². The van der Waals surface area contributed by atoms with Gasteiger partial charge in [-0.15, -0.1) is 0 Å². The van der Waals surface area contributed by atoms with Gasteiger partial charge in [0.2, 0.25) is 0 Å². The van der Waals surface area contributed by atoms with Crippen LogP contribution >= 0.6 is 0 Å². The first kappa shape index (κ1) is 19.9. The summed E-state index contributed by atoms with van der Waals surface area (Å²) in [7, 11) is 0. The second kappa shape index (κ2) is 10.5.